The highest BCUT2D eigenvalue weighted by Crippen LogP contribution is 2.34. The molecule has 0 atom stereocenters. The van der Waals surface area contributed by atoms with Gasteiger partial charge >= 0.3 is 0 Å². The first-order valence-electron chi connectivity index (χ1n) is 5.07. The van der Waals surface area contributed by atoms with Gasteiger partial charge in [0, 0.05) is 19.7 Å². The maximum atomic E-state index is 11.4. The van der Waals surface area contributed by atoms with Gasteiger partial charge in [0.25, 0.3) is 0 Å². The van der Waals surface area contributed by atoms with Crippen LogP contribution >= 0.6 is 23.2 Å². The predicted molar refractivity (Wildman–Crippen MR) is 69.6 cm³/mol. The molecule has 0 heterocycles. The summed E-state index contributed by atoms with van der Waals surface area (Å²) in [4.78, 5) is 12.9. The predicted octanol–water partition coefficient (Wildman–Crippen LogP) is 4.10. The van der Waals surface area contributed by atoms with Gasteiger partial charge < -0.3 is 4.90 Å². The molecule has 0 fully saturated rings. The molecular formula is C12H15Cl2NO. The average molecular weight is 260 g/mol. The Morgan fingerprint density at radius 2 is 1.75 bits per heavy atom. The maximum absolute atomic E-state index is 11.4. The number of hydrogen-bond donors (Lipinski definition) is 0. The molecule has 0 unspecified atom stereocenters. The van der Waals surface area contributed by atoms with Gasteiger partial charge in [0.1, 0.15) is 0 Å². The zero-order valence-electron chi connectivity index (χ0n) is 9.84. The summed E-state index contributed by atoms with van der Waals surface area (Å²) in [5.41, 5.74) is 1.84. The van der Waals surface area contributed by atoms with Gasteiger partial charge in [0.15, 0.2) is 0 Å². The smallest absolute Gasteiger partial charge is 0.223 e. The van der Waals surface area contributed by atoms with Crippen molar-refractivity contribution >= 4 is 34.8 Å². The van der Waals surface area contributed by atoms with Crippen molar-refractivity contribution in [1.82, 2.24) is 0 Å². The summed E-state index contributed by atoms with van der Waals surface area (Å²) in [6.45, 7) is 5.63. The van der Waals surface area contributed by atoms with Crippen molar-refractivity contribution in [1.29, 1.82) is 0 Å². The second kappa shape index (κ2) is 5.07. The molecule has 0 radical (unpaired) electrons. The molecule has 0 aromatic heterocycles. The van der Waals surface area contributed by atoms with E-state index in [2.05, 4.69) is 13.8 Å². The zero-order chi connectivity index (χ0) is 12.5. The van der Waals surface area contributed by atoms with Crippen LogP contribution < -0.4 is 4.90 Å². The molecule has 0 spiro atoms. The van der Waals surface area contributed by atoms with Gasteiger partial charge in [0.05, 0.1) is 10.0 Å². The van der Waals surface area contributed by atoms with Crippen molar-refractivity contribution in [3.63, 3.8) is 0 Å². The van der Waals surface area contributed by atoms with Crippen LogP contribution in [0.1, 0.15) is 32.3 Å². The lowest BCUT2D eigenvalue weighted by Crippen LogP contribution is -2.24. The molecule has 1 rings (SSSR count). The molecule has 4 heteroatoms. The Bertz CT molecular complexity index is 416. The lowest BCUT2D eigenvalue weighted by atomic mass is 10.0. The van der Waals surface area contributed by atoms with Gasteiger partial charge in [0.2, 0.25) is 5.91 Å². The van der Waals surface area contributed by atoms with Crippen LogP contribution in [0.25, 0.3) is 0 Å². The maximum Gasteiger partial charge on any atom is 0.223 e. The first kappa shape index (κ1) is 13.3. The van der Waals surface area contributed by atoms with Crippen molar-refractivity contribution in [2.45, 2.75) is 26.7 Å². The third-order valence-corrected chi connectivity index (χ3v) is 3.25. The minimum absolute atomic E-state index is 0.0275. The number of carbonyl (C=O) groups excluding carboxylic acids is 1. The number of carbonyl (C=O) groups is 1. The van der Waals surface area contributed by atoms with E-state index in [4.69, 9.17) is 23.2 Å². The van der Waals surface area contributed by atoms with Crippen molar-refractivity contribution in [3.8, 4) is 0 Å². The van der Waals surface area contributed by atoms with E-state index in [1.807, 2.05) is 6.07 Å². The molecule has 1 aromatic carbocycles. The van der Waals surface area contributed by atoms with Crippen molar-refractivity contribution in [2.24, 2.45) is 0 Å². The highest BCUT2D eigenvalue weighted by Gasteiger charge is 2.15. The fraction of sp³-hybridized carbons (Fsp3) is 0.417. The molecule has 0 bridgehead atoms. The van der Waals surface area contributed by atoms with Gasteiger partial charge in [-0.1, -0.05) is 37.0 Å². The molecular weight excluding hydrogens is 245 g/mol. The van der Waals surface area contributed by atoms with Crippen LogP contribution in [0.15, 0.2) is 12.1 Å². The first-order valence-corrected chi connectivity index (χ1v) is 5.83. The number of amides is 1. The standard InChI is InChI=1S/C12H15Cl2NO/c1-7(2)9-5-10(13)11(14)6-12(9)15(4)8(3)16/h5-7H,1-4H3. The number of nitrogens with zero attached hydrogens (tertiary/aromatic N) is 1. The summed E-state index contributed by atoms with van der Waals surface area (Å²) in [5.74, 6) is 0.256. The molecule has 0 saturated carbocycles. The summed E-state index contributed by atoms with van der Waals surface area (Å²) in [6.07, 6.45) is 0. The number of rotatable bonds is 2. The van der Waals surface area contributed by atoms with E-state index in [9.17, 15) is 4.79 Å². The van der Waals surface area contributed by atoms with E-state index in [1.165, 1.54) is 6.92 Å². The normalized spacial score (nSPS) is 10.7. The van der Waals surface area contributed by atoms with Crippen LogP contribution in [0.5, 0.6) is 0 Å². The molecule has 16 heavy (non-hydrogen) atoms. The van der Waals surface area contributed by atoms with Gasteiger partial charge in [-0.15, -0.1) is 0 Å². The second-order valence-corrected chi connectivity index (χ2v) is 4.87. The molecule has 0 aliphatic rings. The highest BCUT2D eigenvalue weighted by molar-refractivity contribution is 6.42. The lowest BCUT2D eigenvalue weighted by Gasteiger charge is -2.22. The Labute approximate surface area is 106 Å². The van der Waals surface area contributed by atoms with Crippen LogP contribution in [-0.4, -0.2) is 13.0 Å². The zero-order valence-corrected chi connectivity index (χ0v) is 11.4. The first-order chi connectivity index (χ1) is 7.34. The monoisotopic (exact) mass is 259 g/mol. The number of anilines is 1. The summed E-state index contributed by atoms with van der Waals surface area (Å²) in [5, 5.41) is 0.986. The van der Waals surface area contributed by atoms with Gasteiger partial charge in [-0.2, -0.15) is 0 Å². The summed E-state index contributed by atoms with van der Waals surface area (Å²) in [7, 11) is 1.73. The molecule has 1 aromatic rings. The van der Waals surface area contributed by atoms with Crippen LogP contribution in [0.3, 0.4) is 0 Å². The molecule has 1 amide bonds. The molecule has 0 saturated heterocycles. The Hall–Kier alpha value is -0.730. The van der Waals surface area contributed by atoms with Gasteiger partial charge in [-0.05, 0) is 23.6 Å². The van der Waals surface area contributed by atoms with Crippen LogP contribution in [-0.2, 0) is 4.79 Å². The Balaban J connectivity index is 3.35. The van der Waals surface area contributed by atoms with E-state index < -0.39 is 0 Å². The Kier molecular flexibility index (Phi) is 4.22. The average Bonchev–Trinajstić information content (AvgIpc) is 2.19. The van der Waals surface area contributed by atoms with Crippen molar-refractivity contribution in [2.75, 3.05) is 11.9 Å². The van der Waals surface area contributed by atoms with Crippen LogP contribution in [0.2, 0.25) is 10.0 Å². The number of benzene rings is 1. The van der Waals surface area contributed by atoms with E-state index in [0.717, 1.165) is 11.3 Å². The Morgan fingerprint density at radius 1 is 1.25 bits per heavy atom. The summed E-state index contributed by atoms with van der Waals surface area (Å²) in [6, 6.07) is 3.56. The fourth-order valence-electron chi connectivity index (χ4n) is 1.47. The SMILES string of the molecule is CC(=O)N(C)c1cc(Cl)c(Cl)cc1C(C)C. The van der Waals surface area contributed by atoms with Crippen LogP contribution in [0.4, 0.5) is 5.69 Å². The third-order valence-electron chi connectivity index (χ3n) is 2.53. The summed E-state index contributed by atoms with van der Waals surface area (Å²) >= 11 is 11.9. The van der Waals surface area contributed by atoms with E-state index in [1.54, 1.807) is 18.0 Å². The fourth-order valence-corrected chi connectivity index (χ4v) is 1.80. The minimum atomic E-state index is -0.0275. The quantitative estimate of drug-likeness (QED) is 0.783. The second-order valence-electron chi connectivity index (χ2n) is 4.06. The van der Waals surface area contributed by atoms with E-state index in [-0.39, 0.29) is 11.8 Å². The third kappa shape index (κ3) is 2.69. The number of hydrogen-bond acceptors (Lipinski definition) is 1. The van der Waals surface area contributed by atoms with Crippen LogP contribution in [0, 0.1) is 0 Å². The molecule has 88 valence electrons. The van der Waals surface area contributed by atoms with E-state index >= 15 is 0 Å². The summed E-state index contributed by atoms with van der Waals surface area (Å²) < 4.78 is 0. The Morgan fingerprint density at radius 3 is 2.19 bits per heavy atom. The van der Waals surface area contributed by atoms with Crippen molar-refractivity contribution < 1.29 is 4.79 Å². The molecule has 0 aliphatic carbocycles. The molecule has 0 N–H and O–H groups in total. The van der Waals surface area contributed by atoms with Gasteiger partial charge in [-0.25, -0.2) is 0 Å². The minimum Gasteiger partial charge on any atom is -0.315 e. The molecule has 2 nitrogen and oxygen atoms in total. The highest BCUT2D eigenvalue weighted by atomic mass is 35.5. The number of halogens is 2. The molecule has 0 aliphatic heterocycles. The van der Waals surface area contributed by atoms with Crippen molar-refractivity contribution in [3.05, 3.63) is 27.7 Å². The van der Waals surface area contributed by atoms with Gasteiger partial charge in [-0.3, -0.25) is 4.79 Å². The lowest BCUT2D eigenvalue weighted by molar-refractivity contribution is -0.116. The largest absolute Gasteiger partial charge is 0.315 e. The topological polar surface area (TPSA) is 20.3 Å². The van der Waals surface area contributed by atoms with E-state index in [0.29, 0.717) is 10.0 Å².